The first-order chi connectivity index (χ1) is 5.86. The normalized spacial score (nSPS) is 8.00. The zero-order chi connectivity index (χ0) is 8.81. The summed E-state index contributed by atoms with van der Waals surface area (Å²) in [5, 5.41) is 3.39. The third-order valence-corrected chi connectivity index (χ3v) is 1.24. The molecule has 12 heavy (non-hydrogen) atoms. The number of hydrogen-bond acceptors (Lipinski definition) is 1. The molecule has 0 bridgehead atoms. The van der Waals surface area contributed by atoms with Crippen LogP contribution >= 0.6 is 0 Å². The van der Waals surface area contributed by atoms with Gasteiger partial charge in [-0.05, 0) is 17.7 Å². The van der Waals surface area contributed by atoms with Crippen molar-refractivity contribution < 1.29 is 4.79 Å². The van der Waals surface area contributed by atoms with E-state index in [-0.39, 0.29) is 0 Å². The minimum absolute atomic E-state index is 0.495. The Morgan fingerprint density at radius 3 is 2.83 bits per heavy atom. The van der Waals surface area contributed by atoms with Gasteiger partial charge in [-0.25, -0.2) is 0 Å². The van der Waals surface area contributed by atoms with E-state index in [0.29, 0.717) is 11.3 Å². The molecule has 0 fully saturated rings. The first kappa shape index (κ1) is 8.01. The smallest absolute Gasteiger partial charge is 0.287 e. The number of hydrogen-bond donors (Lipinski definition) is 0. The van der Waals surface area contributed by atoms with Gasteiger partial charge in [0.05, 0.1) is 5.56 Å². The second-order valence-corrected chi connectivity index (χ2v) is 2.03. The Bertz CT molecular complexity index is 338. The summed E-state index contributed by atoms with van der Waals surface area (Å²) in [6.07, 6.45) is 1.26. The number of nitrogens with zero attached hydrogens (tertiary/aromatic N) is 5. The highest BCUT2D eigenvalue weighted by atomic mass is 15.1. The molecule has 5 heteroatoms. The standard InChI is InChI=1S/C7H5N5/c8-10-5-6-2-1-3-7(4-6)11-12-9/h1-5H. The van der Waals surface area contributed by atoms with Crippen LogP contribution in [-0.2, 0) is 0 Å². The van der Waals surface area contributed by atoms with Gasteiger partial charge in [-0.3, -0.25) is 0 Å². The molecule has 0 aliphatic carbocycles. The molecular weight excluding hydrogens is 154 g/mol. The summed E-state index contributed by atoms with van der Waals surface area (Å²) in [7, 11) is 0. The van der Waals surface area contributed by atoms with E-state index in [4.69, 9.17) is 11.1 Å². The van der Waals surface area contributed by atoms with Crippen LogP contribution in [0.2, 0.25) is 0 Å². The Morgan fingerprint density at radius 1 is 1.33 bits per heavy atom. The molecule has 0 aliphatic rings. The van der Waals surface area contributed by atoms with E-state index < -0.39 is 0 Å². The lowest BCUT2D eigenvalue weighted by Crippen LogP contribution is -1.78. The summed E-state index contributed by atoms with van der Waals surface area (Å²) in [4.78, 5) is 5.47. The maximum Gasteiger partial charge on any atom is 0.287 e. The van der Waals surface area contributed by atoms with E-state index in [0.717, 1.165) is 0 Å². The predicted octanol–water partition coefficient (Wildman–Crippen LogP) is 2.28. The van der Waals surface area contributed by atoms with Gasteiger partial charge in [0.25, 0.3) is 6.21 Å². The highest BCUT2D eigenvalue weighted by Crippen LogP contribution is 2.12. The molecule has 5 nitrogen and oxygen atoms in total. The van der Waals surface area contributed by atoms with Crippen LogP contribution in [-0.4, -0.2) is 11.0 Å². The third-order valence-electron chi connectivity index (χ3n) is 1.24. The van der Waals surface area contributed by atoms with Crippen LogP contribution in [0.25, 0.3) is 16.0 Å². The van der Waals surface area contributed by atoms with Crippen LogP contribution in [0, 0.1) is 0 Å². The quantitative estimate of drug-likeness (QED) is 0.274. The summed E-state index contributed by atoms with van der Waals surface area (Å²) >= 11 is 0. The first-order valence-corrected chi connectivity index (χ1v) is 3.19. The van der Waals surface area contributed by atoms with Gasteiger partial charge in [0.1, 0.15) is 0 Å². The van der Waals surface area contributed by atoms with Gasteiger partial charge in [-0.1, -0.05) is 17.2 Å². The van der Waals surface area contributed by atoms with Crippen LogP contribution < -0.4 is 0 Å². The van der Waals surface area contributed by atoms with Gasteiger partial charge in [-0.15, -0.1) is 0 Å². The zero-order valence-electron chi connectivity index (χ0n) is 6.12. The van der Waals surface area contributed by atoms with Crippen molar-refractivity contribution in [2.75, 3.05) is 0 Å². The van der Waals surface area contributed by atoms with E-state index in [1.807, 2.05) is 0 Å². The molecule has 0 saturated heterocycles. The molecule has 0 spiro atoms. The molecule has 1 rings (SSSR count). The lowest BCUT2D eigenvalue weighted by molar-refractivity contribution is 0.00456. The summed E-state index contributed by atoms with van der Waals surface area (Å²) < 4.78 is 0. The average molecular weight is 159 g/mol. The van der Waals surface area contributed by atoms with Gasteiger partial charge in [0, 0.05) is 10.6 Å². The van der Waals surface area contributed by atoms with Crippen molar-refractivity contribution in [2.45, 2.75) is 0 Å². The molecule has 1 aromatic carbocycles. The molecule has 0 unspecified atom stereocenters. The average Bonchev–Trinajstić information content (AvgIpc) is 2.06. The molecule has 0 amide bonds. The first-order valence-electron chi connectivity index (χ1n) is 3.19. The Hall–Kier alpha value is -2.09. The van der Waals surface area contributed by atoms with Gasteiger partial charge in [-0.2, -0.15) is 4.79 Å². The van der Waals surface area contributed by atoms with Crippen molar-refractivity contribution in [2.24, 2.45) is 5.11 Å². The van der Waals surface area contributed by atoms with Crippen molar-refractivity contribution >= 4 is 11.9 Å². The van der Waals surface area contributed by atoms with E-state index in [9.17, 15) is 0 Å². The van der Waals surface area contributed by atoms with E-state index >= 15 is 0 Å². The molecule has 0 aromatic heterocycles. The maximum atomic E-state index is 8.21. The SMILES string of the molecule is [N-]=[N+]=Cc1cccc(N=[N+]=[N-])c1. The highest BCUT2D eigenvalue weighted by Gasteiger charge is 1.92. The van der Waals surface area contributed by atoms with Gasteiger partial charge in [0.15, 0.2) is 0 Å². The minimum Gasteiger partial charge on any atom is -0.361 e. The van der Waals surface area contributed by atoms with Crippen LogP contribution in [0.1, 0.15) is 5.56 Å². The van der Waals surface area contributed by atoms with Gasteiger partial charge in [0.2, 0.25) is 0 Å². The van der Waals surface area contributed by atoms with E-state index in [1.54, 1.807) is 24.3 Å². The predicted molar refractivity (Wildman–Crippen MR) is 44.0 cm³/mol. The Morgan fingerprint density at radius 2 is 2.17 bits per heavy atom. The molecule has 1 aromatic rings. The number of benzene rings is 1. The van der Waals surface area contributed by atoms with Gasteiger partial charge >= 0.3 is 0 Å². The van der Waals surface area contributed by atoms with Gasteiger partial charge < -0.3 is 5.53 Å². The summed E-state index contributed by atoms with van der Waals surface area (Å²) in [5.74, 6) is 0. The molecule has 0 radical (unpaired) electrons. The fraction of sp³-hybridized carbons (Fsp3) is 0. The minimum atomic E-state index is 0.495. The van der Waals surface area contributed by atoms with Crippen LogP contribution in [0.4, 0.5) is 5.69 Å². The molecule has 0 saturated carbocycles. The maximum absolute atomic E-state index is 8.21. The molecule has 0 aliphatic heterocycles. The Kier molecular flexibility index (Phi) is 2.62. The second kappa shape index (κ2) is 3.93. The number of rotatable bonds is 2. The van der Waals surface area contributed by atoms with E-state index in [1.165, 1.54) is 6.21 Å². The van der Waals surface area contributed by atoms with Crippen molar-refractivity contribution in [3.05, 3.63) is 45.8 Å². The van der Waals surface area contributed by atoms with Crippen molar-refractivity contribution in [3.8, 4) is 0 Å². The van der Waals surface area contributed by atoms with Crippen LogP contribution in [0.15, 0.2) is 29.4 Å². The van der Waals surface area contributed by atoms with Crippen molar-refractivity contribution in [1.82, 2.24) is 0 Å². The van der Waals surface area contributed by atoms with Crippen LogP contribution in [0.5, 0.6) is 0 Å². The summed E-state index contributed by atoms with van der Waals surface area (Å²) in [6, 6.07) is 6.71. The Labute approximate surface area is 68.5 Å². The lowest BCUT2D eigenvalue weighted by Gasteiger charge is -1.89. The number of azide groups is 1. The van der Waals surface area contributed by atoms with Crippen LogP contribution in [0.3, 0.4) is 0 Å². The Balaban J connectivity index is 3.11. The monoisotopic (exact) mass is 159 g/mol. The van der Waals surface area contributed by atoms with Crippen molar-refractivity contribution in [1.29, 1.82) is 0 Å². The fourth-order valence-corrected chi connectivity index (χ4v) is 0.786. The largest absolute Gasteiger partial charge is 0.361 e. The fourth-order valence-electron chi connectivity index (χ4n) is 0.786. The molecule has 0 heterocycles. The second-order valence-electron chi connectivity index (χ2n) is 2.03. The summed E-state index contributed by atoms with van der Waals surface area (Å²) in [6.45, 7) is 0. The zero-order valence-corrected chi connectivity index (χ0v) is 6.12. The van der Waals surface area contributed by atoms with E-state index in [2.05, 4.69) is 14.8 Å². The molecular formula is C7H5N5. The lowest BCUT2D eigenvalue weighted by atomic mass is 10.2. The molecule has 58 valence electrons. The molecule has 0 N–H and O–H groups in total. The molecule has 0 atom stereocenters. The topological polar surface area (TPSA) is 85.2 Å². The van der Waals surface area contributed by atoms with Crippen molar-refractivity contribution in [3.63, 3.8) is 0 Å². The highest BCUT2D eigenvalue weighted by molar-refractivity contribution is 5.76. The summed E-state index contributed by atoms with van der Waals surface area (Å²) in [5.41, 5.74) is 17.5. The third kappa shape index (κ3) is 1.95.